The average Bonchev–Trinajstić information content (AvgIpc) is 3.00. The number of carbonyl (C=O) groups is 1. The number of ether oxygens (including phenoxy) is 1. The molecule has 0 atom stereocenters. The number of aromatic nitrogens is 2. The monoisotopic (exact) mass is 328 g/mol. The van der Waals surface area contributed by atoms with E-state index in [1.165, 1.54) is 13.0 Å². The topological polar surface area (TPSA) is 44.1 Å². The molecular formula is C19H21FN2O2. The lowest BCUT2D eigenvalue weighted by molar-refractivity contribution is 0.0667. The number of nitrogens with zero attached hydrogens (tertiary/aromatic N) is 2. The zero-order chi connectivity index (χ0) is 17.3. The fourth-order valence-corrected chi connectivity index (χ4v) is 3.07. The molecule has 0 bridgehead atoms. The summed E-state index contributed by atoms with van der Waals surface area (Å²) in [5, 5.41) is 4.39. The number of Topliss-reactive ketones (excluding diaryl/α,β-unsaturated/α-hetero) is 1. The Hall–Kier alpha value is -2.27. The van der Waals surface area contributed by atoms with E-state index in [1.807, 2.05) is 13.0 Å². The molecule has 0 spiro atoms. The Labute approximate surface area is 140 Å². The van der Waals surface area contributed by atoms with Gasteiger partial charge in [0.2, 0.25) is 0 Å². The molecule has 0 aliphatic carbocycles. The molecule has 0 saturated carbocycles. The molecule has 0 radical (unpaired) electrons. The number of ketones is 1. The van der Waals surface area contributed by atoms with E-state index in [1.54, 1.807) is 16.9 Å². The van der Waals surface area contributed by atoms with Gasteiger partial charge in [-0.15, -0.1) is 0 Å². The van der Waals surface area contributed by atoms with Crippen LogP contribution in [0.2, 0.25) is 0 Å². The molecule has 2 aromatic rings. The van der Waals surface area contributed by atoms with Crippen molar-refractivity contribution in [2.75, 3.05) is 13.2 Å². The minimum atomic E-state index is -0.369. The number of hydrogen-bond donors (Lipinski definition) is 0. The highest BCUT2D eigenvalue weighted by atomic mass is 19.1. The third-order valence-electron chi connectivity index (χ3n) is 4.43. The van der Waals surface area contributed by atoms with E-state index < -0.39 is 0 Å². The Morgan fingerprint density at radius 2 is 2.04 bits per heavy atom. The normalized spacial score (nSPS) is 15.5. The summed E-state index contributed by atoms with van der Waals surface area (Å²) in [6, 6.07) is 5.11. The lowest BCUT2D eigenvalue weighted by atomic mass is 10.00. The summed E-state index contributed by atoms with van der Waals surface area (Å²) in [7, 11) is 0. The standard InChI is InChI=1S/C19H21FN2O2/c1-12(2)14-4-5-16(18(20)10-14)19-17(13(3)23)11-21-22(19)15-6-8-24-9-7-15/h4-5,10-11,15H,1,6-9H2,2-3H3. The van der Waals surface area contributed by atoms with Crippen molar-refractivity contribution in [3.05, 3.63) is 47.9 Å². The van der Waals surface area contributed by atoms with Crippen molar-refractivity contribution in [1.82, 2.24) is 9.78 Å². The summed E-state index contributed by atoms with van der Waals surface area (Å²) < 4.78 is 21.9. The third kappa shape index (κ3) is 3.04. The number of benzene rings is 1. The molecule has 3 rings (SSSR count). The maximum atomic E-state index is 14.7. The molecule has 1 aromatic carbocycles. The lowest BCUT2D eigenvalue weighted by Crippen LogP contribution is -2.21. The first-order chi connectivity index (χ1) is 11.5. The second kappa shape index (κ2) is 6.69. The average molecular weight is 328 g/mol. The van der Waals surface area contributed by atoms with Crippen molar-refractivity contribution < 1.29 is 13.9 Å². The Bertz CT molecular complexity index is 789. The maximum absolute atomic E-state index is 14.7. The van der Waals surface area contributed by atoms with Gasteiger partial charge in [-0.3, -0.25) is 9.48 Å². The number of hydrogen-bond acceptors (Lipinski definition) is 3. The molecule has 24 heavy (non-hydrogen) atoms. The summed E-state index contributed by atoms with van der Waals surface area (Å²) in [6.07, 6.45) is 3.15. The van der Waals surface area contributed by atoms with Gasteiger partial charge in [0, 0.05) is 18.8 Å². The van der Waals surface area contributed by atoms with Crippen LogP contribution in [-0.4, -0.2) is 28.8 Å². The van der Waals surface area contributed by atoms with Crippen LogP contribution in [0.15, 0.2) is 31.0 Å². The summed E-state index contributed by atoms with van der Waals surface area (Å²) in [4.78, 5) is 12.0. The molecule has 1 aliphatic rings. The number of allylic oxidation sites excluding steroid dienone is 1. The first-order valence-corrected chi connectivity index (χ1v) is 8.11. The molecule has 1 fully saturated rings. The summed E-state index contributed by atoms with van der Waals surface area (Å²) >= 11 is 0. The first-order valence-electron chi connectivity index (χ1n) is 8.11. The fraction of sp³-hybridized carbons (Fsp3) is 0.368. The first kappa shape index (κ1) is 16.6. The molecule has 0 amide bonds. The fourth-order valence-electron chi connectivity index (χ4n) is 3.07. The summed E-state index contributed by atoms with van der Waals surface area (Å²) in [6.45, 7) is 8.46. The largest absolute Gasteiger partial charge is 0.381 e. The molecule has 1 aliphatic heterocycles. The van der Waals surface area contributed by atoms with Gasteiger partial charge in [-0.2, -0.15) is 5.10 Å². The van der Waals surface area contributed by atoms with Crippen LogP contribution in [0.3, 0.4) is 0 Å². The quantitative estimate of drug-likeness (QED) is 0.787. The Morgan fingerprint density at radius 3 is 2.62 bits per heavy atom. The molecule has 0 N–H and O–H groups in total. The van der Waals surface area contributed by atoms with E-state index in [9.17, 15) is 9.18 Å². The zero-order valence-electron chi connectivity index (χ0n) is 14.0. The van der Waals surface area contributed by atoms with Gasteiger partial charge in [-0.25, -0.2) is 4.39 Å². The van der Waals surface area contributed by atoms with Crippen molar-refractivity contribution in [2.24, 2.45) is 0 Å². The molecule has 2 heterocycles. The Kier molecular flexibility index (Phi) is 4.62. The van der Waals surface area contributed by atoms with Crippen LogP contribution in [0.5, 0.6) is 0 Å². The van der Waals surface area contributed by atoms with Crippen LogP contribution in [0.4, 0.5) is 4.39 Å². The van der Waals surface area contributed by atoms with E-state index in [2.05, 4.69) is 11.7 Å². The van der Waals surface area contributed by atoms with Crippen LogP contribution in [0, 0.1) is 5.82 Å². The number of rotatable bonds is 4. The van der Waals surface area contributed by atoms with Crippen molar-refractivity contribution in [3.8, 4) is 11.3 Å². The minimum absolute atomic E-state index is 0.113. The summed E-state index contributed by atoms with van der Waals surface area (Å²) in [5.74, 6) is -0.488. The van der Waals surface area contributed by atoms with E-state index >= 15 is 0 Å². The Balaban J connectivity index is 2.13. The van der Waals surface area contributed by atoms with Crippen LogP contribution < -0.4 is 0 Å². The number of carbonyl (C=O) groups excluding carboxylic acids is 1. The second-order valence-electron chi connectivity index (χ2n) is 6.23. The molecule has 1 saturated heterocycles. The Morgan fingerprint density at radius 1 is 1.33 bits per heavy atom. The van der Waals surface area contributed by atoms with Gasteiger partial charge < -0.3 is 4.74 Å². The molecular weight excluding hydrogens is 307 g/mol. The predicted octanol–water partition coefficient (Wildman–Crippen LogP) is 4.28. The van der Waals surface area contributed by atoms with Crippen molar-refractivity contribution in [2.45, 2.75) is 32.7 Å². The van der Waals surface area contributed by atoms with E-state index in [0.29, 0.717) is 30.0 Å². The van der Waals surface area contributed by atoms with Crippen LogP contribution >= 0.6 is 0 Å². The highest BCUT2D eigenvalue weighted by molar-refractivity contribution is 6.00. The van der Waals surface area contributed by atoms with Gasteiger partial charge in [0.1, 0.15) is 5.82 Å². The second-order valence-corrected chi connectivity index (χ2v) is 6.23. The van der Waals surface area contributed by atoms with Crippen LogP contribution in [0.25, 0.3) is 16.8 Å². The van der Waals surface area contributed by atoms with Gasteiger partial charge in [-0.1, -0.05) is 18.2 Å². The van der Waals surface area contributed by atoms with Gasteiger partial charge in [0.05, 0.1) is 23.5 Å². The SMILES string of the molecule is C=C(C)c1ccc(-c2c(C(C)=O)cnn2C2CCOCC2)c(F)c1. The van der Waals surface area contributed by atoms with Crippen LogP contribution in [0.1, 0.15) is 48.7 Å². The molecule has 0 unspecified atom stereocenters. The summed E-state index contributed by atoms with van der Waals surface area (Å²) in [5.41, 5.74) is 2.95. The third-order valence-corrected chi connectivity index (χ3v) is 4.43. The van der Waals surface area contributed by atoms with E-state index in [-0.39, 0.29) is 17.6 Å². The lowest BCUT2D eigenvalue weighted by Gasteiger charge is -2.24. The number of halogens is 1. The van der Waals surface area contributed by atoms with E-state index in [4.69, 9.17) is 4.74 Å². The van der Waals surface area contributed by atoms with Gasteiger partial charge in [0.25, 0.3) is 0 Å². The molecule has 126 valence electrons. The predicted molar refractivity (Wildman–Crippen MR) is 91.4 cm³/mol. The van der Waals surface area contributed by atoms with Crippen molar-refractivity contribution in [1.29, 1.82) is 0 Å². The maximum Gasteiger partial charge on any atom is 0.163 e. The van der Waals surface area contributed by atoms with Crippen molar-refractivity contribution >= 4 is 11.4 Å². The van der Waals surface area contributed by atoms with Crippen LogP contribution in [-0.2, 0) is 4.74 Å². The molecule has 5 heteroatoms. The highest BCUT2D eigenvalue weighted by Crippen LogP contribution is 2.33. The van der Waals surface area contributed by atoms with Crippen molar-refractivity contribution in [3.63, 3.8) is 0 Å². The zero-order valence-corrected chi connectivity index (χ0v) is 14.0. The van der Waals surface area contributed by atoms with Gasteiger partial charge in [0.15, 0.2) is 5.78 Å². The molecule has 4 nitrogen and oxygen atoms in total. The van der Waals surface area contributed by atoms with Gasteiger partial charge >= 0.3 is 0 Å². The van der Waals surface area contributed by atoms with Gasteiger partial charge in [-0.05, 0) is 44.4 Å². The molecule has 1 aromatic heterocycles. The smallest absolute Gasteiger partial charge is 0.163 e. The van der Waals surface area contributed by atoms with E-state index in [0.717, 1.165) is 24.0 Å². The highest BCUT2D eigenvalue weighted by Gasteiger charge is 2.25. The minimum Gasteiger partial charge on any atom is -0.381 e.